The molecule has 7 nitrogen and oxygen atoms in total. The topological polar surface area (TPSA) is 72.7 Å². The maximum absolute atomic E-state index is 4.93. The summed E-state index contributed by atoms with van der Waals surface area (Å²) in [5, 5.41) is 8.80. The number of hydrogen-bond acceptors (Lipinski definition) is 4. The maximum atomic E-state index is 4.93. The lowest BCUT2D eigenvalue weighted by molar-refractivity contribution is 0.169. The lowest BCUT2D eigenvalue weighted by Gasteiger charge is -2.36. The quantitative estimate of drug-likeness (QED) is 0.366. The van der Waals surface area contributed by atoms with Gasteiger partial charge in [-0.05, 0) is 31.4 Å². The molecule has 0 aliphatic carbocycles. The van der Waals surface area contributed by atoms with Gasteiger partial charge in [-0.25, -0.2) is 0 Å². The van der Waals surface area contributed by atoms with Crippen LogP contribution in [0, 0.1) is 0 Å². The van der Waals surface area contributed by atoms with Crippen LogP contribution in [0.4, 0.5) is 0 Å². The zero-order chi connectivity index (χ0) is 19.9. The Balaban J connectivity index is 1.27. The van der Waals surface area contributed by atoms with Crippen molar-refractivity contribution in [2.75, 3.05) is 39.3 Å². The van der Waals surface area contributed by atoms with E-state index in [-0.39, 0.29) is 0 Å². The fourth-order valence-corrected chi connectivity index (χ4v) is 3.88. The largest absolute Gasteiger partial charge is 0.364 e. The molecule has 3 aromatic rings. The van der Waals surface area contributed by atoms with E-state index in [4.69, 9.17) is 9.52 Å². The SMILES string of the molecule is CCNC(=NCCCc1c[nH]c2ccccc12)N1CCN(Cc2ccon2)CC1. The molecule has 1 aliphatic rings. The molecule has 7 heteroatoms. The molecule has 0 amide bonds. The van der Waals surface area contributed by atoms with Crippen LogP contribution < -0.4 is 5.32 Å². The van der Waals surface area contributed by atoms with E-state index in [1.165, 1.54) is 16.5 Å². The van der Waals surface area contributed by atoms with Crippen molar-refractivity contribution >= 4 is 16.9 Å². The molecule has 0 atom stereocenters. The predicted molar refractivity (Wildman–Crippen MR) is 116 cm³/mol. The highest BCUT2D eigenvalue weighted by molar-refractivity contribution is 5.83. The predicted octanol–water partition coefficient (Wildman–Crippen LogP) is 2.87. The fourth-order valence-electron chi connectivity index (χ4n) is 3.88. The third kappa shape index (κ3) is 4.98. The second-order valence-electron chi connectivity index (χ2n) is 7.45. The average Bonchev–Trinajstić information content (AvgIpc) is 3.41. The number of piperazine rings is 1. The highest BCUT2D eigenvalue weighted by Crippen LogP contribution is 2.19. The molecule has 1 aromatic carbocycles. The molecule has 4 rings (SSSR count). The van der Waals surface area contributed by atoms with Crippen molar-refractivity contribution in [3.05, 3.63) is 54.0 Å². The summed E-state index contributed by atoms with van der Waals surface area (Å²) in [5.41, 5.74) is 3.58. The van der Waals surface area contributed by atoms with Crippen molar-refractivity contribution in [1.82, 2.24) is 25.3 Å². The first-order valence-corrected chi connectivity index (χ1v) is 10.5. The number of fused-ring (bicyclic) bond motifs is 1. The standard InChI is InChI=1S/C22H30N6O/c1-2-23-22(28-13-11-27(12-14-28)17-19-9-15-29-26-19)24-10-5-6-18-16-25-21-8-4-3-7-20(18)21/h3-4,7-9,15-16,25H,2,5-6,10-14,17H2,1H3,(H,23,24). The van der Waals surface area contributed by atoms with E-state index >= 15 is 0 Å². The number of benzene rings is 1. The number of hydrogen-bond donors (Lipinski definition) is 2. The molecule has 154 valence electrons. The van der Waals surface area contributed by atoms with Gasteiger partial charge in [-0.2, -0.15) is 0 Å². The Morgan fingerprint density at radius 3 is 2.86 bits per heavy atom. The van der Waals surface area contributed by atoms with Gasteiger partial charge in [0.15, 0.2) is 5.96 Å². The van der Waals surface area contributed by atoms with Crippen molar-refractivity contribution < 1.29 is 4.52 Å². The summed E-state index contributed by atoms with van der Waals surface area (Å²) in [6.45, 7) is 8.67. The van der Waals surface area contributed by atoms with Crippen LogP contribution in [-0.4, -0.2) is 65.2 Å². The molecule has 1 saturated heterocycles. The summed E-state index contributed by atoms with van der Waals surface area (Å²) in [6.07, 6.45) is 5.85. The number of aromatic amines is 1. The van der Waals surface area contributed by atoms with Gasteiger partial charge in [-0.15, -0.1) is 0 Å². The molecule has 0 unspecified atom stereocenters. The number of H-pyrrole nitrogens is 1. The maximum Gasteiger partial charge on any atom is 0.194 e. The molecule has 1 fully saturated rings. The second kappa shape index (κ2) is 9.60. The highest BCUT2D eigenvalue weighted by atomic mass is 16.5. The minimum Gasteiger partial charge on any atom is -0.364 e. The van der Waals surface area contributed by atoms with Crippen LogP contribution >= 0.6 is 0 Å². The first-order chi connectivity index (χ1) is 14.3. The van der Waals surface area contributed by atoms with Crippen LogP contribution in [-0.2, 0) is 13.0 Å². The van der Waals surface area contributed by atoms with Gasteiger partial charge in [0.05, 0.1) is 5.69 Å². The Bertz CT molecular complexity index is 908. The number of nitrogens with one attached hydrogen (secondary N) is 2. The normalized spacial score (nSPS) is 15.9. The van der Waals surface area contributed by atoms with E-state index in [9.17, 15) is 0 Å². The number of aromatic nitrogens is 2. The highest BCUT2D eigenvalue weighted by Gasteiger charge is 2.20. The van der Waals surface area contributed by atoms with Crippen molar-refractivity contribution in [2.24, 2.45) is 4.99 Å². The monoisotopic (exact) mass is 394 g/mol. The van der Waals surface area contributed by atoms with Gasteiger partial charge in [0.25, 0.3) is 0 Å². The lowest BCUT2D eigenvalue weighted by atomic mass is 10.1. The third-order valence-corrected chi connectivity index (χ3v) is 5.42. The number of guanidine groups is 1. The number of aryl methyl sites for hydroxylation is 1. The molecule has 0 radical (unpaired) electrons. The van der Waals surface area contributed by atoms with Crippen LogP contribution in [0.1, 0.15) is 24.6 Å². The molecule has 0 bridgehead atoms. The van der Waals surface area contributed by atoms with Crippen LogP contribution in [0.15, 0.2) is 52.3 Å². The molecule has 0 spiro atoms. The average molecular weight is 395 g/mol. The Hall–Kier alpha value is -2.80. The van der Waals surface area contributed by atoms with Crippen LogP contribution in [0.25, 0.3) is 10.9 Å². The Morgan fingerprint density at radius 2 is 2.07 bits per heavy atom. The molecule has 2 aromatic heterocycles. The first-order valence-electron chi connectivity index (χ1n) is 10.5. The fraction of sp³-hybridized carbons (Fsp3) is 0.455. The summed E-state index contributed by atoms with van der Waals surface area (Å²) in [7, 11) is 0. The van der Waals surface area contributed by atoms with Gasteiger partial charge >= 0.3 is 0 Å². The smallest absolute Gasteiger partial charge is 0.194 e. The molecule has 2 N–H and O–H groups in total. The van der Waals surface area contributed by atoms with E-state index < -0.39 is 0 Å². The summed E-state index contributed by atoms with van der Waals surface area (Å²) in [4.78, 5) is 13.0. The summed E-state index contributed by atoms with van der Waals surface area (Å²) >= 11 is 0. The molecule has 3 heterocycles. The Labute approximate surface area is 171 Å². The van der Waals surface area contributed by atoms with Gasteiger partial charge in [0.1, 0.15) is 6.26 Å². The lowest BCUT2D eigenvalue weighted by Crippen LogP contribution is -2.52. The summed E-state index contributed by atoms with van der Waals surface area (Å²) < 4.78 is 4.93. The molecular formula is C22H30N6O. The Kier molecular flexibility index (Phi) is 6.46. The van der Waals surface area contributed by atoms with Crippen molar-refractivity contribution in [3.63, 3.8) is 0 Å². The Morgan fingerprint density at radius 1 is 1.21 bits per heavy atom. The number of para-hydroxylation sites is 1. The van der Waals surface area contributed by atoms with Gasteiger partial charge < -0.3 is 19.7 Å². The minimum absolute atomic E-state index is 0.834. The number of nitrogens with zero attached hydrogens (tertiary/aromatic N) is 4. The summed E-state index contributed by atoms with van der Waals surface area (Å²) in [6, 6.07) is 10.4. The third-order valence-electron chi connectivity index (χ3n) is 5.42. The van der Waals surface area contributed by atoms with Crippen molar-refractivity contribution in [3.8, 4) is 0 Å². The molecule has 0 saturated carbocycles. The molecule has 29 heavy (non-hydrogen) atoms. The summed E-state index contributed by atoms with van der Waals surface area (Å²) in [5.74, 6) is 1.03. The van der Waals surface area contributed by atoms with Crippen LogP contribution in [0.3, 0.4) is 0 Å². The molecular weight excluding hydrogens is 364 g/mol. The van der Waals surface area contributed by atoms with Crippen LogP contribution in [0.5, 0.6) is 0 Å². The van der Waals surface area contributed by atoms with Crippen molar-refractivity contribution in [1.29, 1.82) is 0 Å². The van der Waals surface area contributed by atoms with Gasteiger partial charge in [0.2, 0.25) is 0 Å². The molecule has 1 aliphatic heterocycles. The second-order valence-corrected chi connectivity index (χ2v) is 7.45. The van der Waals surface area contributed by atoms with E-state index in [0.717, 1.165) is 70.3 Å². The zero-order valence-electron chi connectivity index (χ0n) is 17.1. The van der Waals surface area contributed by atoms with E-state index in [1.54, 1.807) is 6.26 Å². The van der Waals surface area contributed by atoms with Gasteiger partial charge in [0, 0.05) is 69.0 Å². The van der Waals surface area contributed by atoms with E-state index in [2.05, 4.69) is 62.6 Å². The van der Waals surface area contributed by atoms with Gasteiger partial charge in [-0.1, -0.05) is 23.4 Å². The van der Waals surface area contributed by atoms with Crippen LogP contribution in [0.2, 0.25) is 0 Å². The number of rotatable bonds is 7. The zero-order valence-corrected chi connectivity index (χ0v) is 17.1. The number of aliphatic imine (C=N–C) groups is 1. The first kappa shape index (κ1) is 19.5. The van der Waals surface area contributed by atoms with Gasteiger partial charge in [-0.3, -0.25) is 9.89 Å². The van der Waals surface area contributed by atoms with E-state index in [0.29, 0.717) is 0 Å². The van der Waals surface area contributed by atoms with E-state index in [1.807, 2.05) is 6.07 Å². The minimum atomic E-state index is 0.834. The van der Waals surface area contributed by atoms with Crippen molar-refractivity contribution in [2.45, 2.75) is 26.3 Å².